The highest BCUT2D eigenvalue weighted by Crippen LogP contribution is 2.32. The highest BCUT2D eigenvalue weighted by atomic mass is 35.5. The molecular weight excluding hydrogens is 380 g/mol. The number of anilines is 1. The van der Waals surface area contributed by atoms with Crippen LogP contribution in [0.4, 0.5) is 5.69 Å². The van der Waals surface area contributed by atoms with Gasteiger partial charge in [-0.25, -0.2) is 0 Å². The third-order valence-electron chi connectivity index (χ3n) is 4.86. The Hall–Kier alpha value is -2.99. The van der Waals surface area contributed by atoms with Crippen molar-refractivity contribution in [3.05, 3.63) is 59.3 Å². The number of para-hydroxylation sites is 1. The van der Waals surface area contributed by atoms with Crippen LogP contribution >= 0.6 is 11.6 Å². The van der Waals surface area contributed by atoms with Gasteiger partial charge in [0.2, 0.25) is 11.8 Å². The van der Waals surface area contributed by atoms with Gasteiger partial charge in [0.1, 0.15) is 17.1 Å². The molecule has 4 rings (SSSR count). The summed E-state index contributed by atoms with van der Waals surface area (Å²) in [5.74, 6) is 0.522. The summed E-state index contributed by atoms with van der Waals surface area (Å²) in [6, 6.07) is 14.7. The lowest BCUT2D eigenvalue weighted by Crippen LogP contribution is -2.32. The van der Waals surface area contributed by atoms with Crippen molar-refractivity contribution in [2.45, 2.75) is 13.0 Å². The number of hydrogen-bond acceptors (Lipinski definition) is 4. The predicted octanol–water partition coefficient (Wildman–Crippen LogP) is 3.76. The molecule has 1 atom stereocenters. The van der Waals surface area contributed by atoms with E-state index < -0.39 is 5.92 Å². The first-order valence-electron chi connectivity index (χ1n) is 8.94. The predicted molar refractivity (Wildman–Crippen MR) is 107 cm³/mol. The van der Waals surface area contributed by atoms with Gasteiger partial charge in [0.25, 0.3) is 0 Å². The van der Waals surface area contributed by atoms with Crippen molar-refractivity contribution in [1.29, 1.82) is 0 Å². The zero-order valence-electron chi connectivity index (χ0n) is 15.3. The van der Waals surface area contributed by atoms with Gasteiger partial charge in [-0.15, -0.1) is 0 Å². The number of methoxy groups -OCH3 is 1. The molecule has 2 aromatic carbocycles. The molecule has 1 aromatic heterocycles. The van der Waals surface area contributed by atoms with E-state index in [0.29, 0.717) is 28.8 Å². The van der Waals surface area contributed by atoms with Crippen LogP contribution in [-0.2, 0) is 16.1 Å². The fourth-order valence-electron chi connectivity index (χ4n) is 3.40. The first-order valence-corrected chi connectivity index (χ1v) is 9.32. The second-order valence-electron chi connectivity index (χ2n) is 6.69. The summed E-state index contributed by atoms with van der Waals surface area (Å²) in [6.07, 6.45) is 0.162. The average Bonchev–Trinajstić information content (AvgIpc) is 3.29. The van der Waals surface area contributed by atoms with Gasteiger partial charge >= 0.3 is 0 Å². The highest BCUT2D eigenvalue weighted by molar-refractivity contribution is 6.32. The van der Waals surface area contributed by atoms with Crippen molar-refractivity contribution < 1.29 is 18.7 Å². The molecule has 6 nitrogen and oxygen atoms in total. The lowest BCUT2D eigenvalue weighted by molar-refractivity contribution is -0.126. The van der Waals surface area contributed by atoms with E-state index in [1.807, 2.05) is 30.3 Å². The summed E-state index contributed by atoms with van der Waals surface area (Å²) in [4.78, 5) is 26.5. The van der Waals surface area contributed by atoms with E-state index in [1.54, 1.807) is 23.1 Å². The summed E-state index contributed by atoms with van der Waals surface area (Å²) >= 11 is 6.15. The fourth-order valence-corrected chi connectivity index (χ4v) is 3.65. The van der Waals surface area contributed by atoms with Gasteiger partial charge in [-0.3, -0.25) is 9.59 Å². The van der Waals surface area contributed by atoms with E-state index in [1.165, 1.54) is 7.11 Å². The summed E-state index contributed by atoms with van der Waals surface area (Å²) in [5, 5.41) is 4.28. The molecule has 0 spiro atoms. The molecule has 0 saturated carbocycles. The molecule has 28 heavy (non-hydrogen) atoms. The van der Waals surface area contributed by atoms with Crippen LogP contribution in [0.15, 0.2) is 52.9 Å². The SMILES string of the molecule is COc1ccc(N2C[C@H](C(=O)NCc3cc4ccccc4o3)CC2=O)cc1Cl. The van der Waals surface area contributed by atoms with E-state index in [4.69, 9.17) is 20.8 Å². The normalized spacial score (nSPS) is 16.6. The molecule has 0 aliphatic carbocycles. The number of carbonyl (C=O) groups is 2. The number of furan rings is 1. The molecule has 0 bridgehead atoms. The number of nitrogens with zero attached hydrogens (tertiary/aromatic N) is 1. The number of rotatable bonds is 5. The highest BCUT2D eigenvalue weighted by Gasteiger charge is 2.35. The summed E-state index contributed by atoms with van der Waals surface area (Å²) in [5.41, 5.74) is 1.44. The van der Waals surface area contributed by atoms with Crippen molar-refractivity contribution in [1.82, 2.24) is 5.32 Å². The lowest BCUT2D eigenvalue weighted by atomic mass is 10.1. The van der Waals surface area contributed by atoms with Crippen LogP contribution in [0, 0.1) is 5.92 Å². The van der Waals surface area contributed by atoms with Gasteiger partial charge in [-0.2, -0.15) is 0 Å². The van der Waals surface area contributed by atoms with Crippen LogP contribution in [0.25, 0.3) is 11.0 Å². The molecular formula is C21H19ClN2O4. The van der Waals surface area contributed by atoms with E-state index in [-0.39, 0.29) is 24.8 Å². The Balaban J connectivity index is 1.40. The van der Waals surface area contributed by atoms with Gasteiger partial charge in [-0.1, -0.05) is 29.8 Å². The van der Waals surface area contributed by atoms with Gasteiger partial charge in [0.05, 0.1) is 24.6 Å². The molecule has 1 aliphatic heterocycles. The average molecular weight is 399 g/mol. The Bertz CT molecular complexity index is 1010. The van der Waals surface area contributed by atoms with Crippen LogP contribution in [0.2, 0.25) is 5.02 Å². The second kappa shape index (κ2) is 7.56. The standard InChI is InChI=1S/C21H19ClN2O4/c1-27-19-7-6-15(10-17(19)22)24-12-14(9-20(24)25)21(26)23-11-16-8-13-4-2-3-5-18(13)28-16/h2-8,10,14H,9,11-12H2,1H3,(H,23,26)/t14-/m1/s1. The van der Waals surface area contributed by atoms with Crippen LogP contribution in [0.3, 0.4) is 0 Å². The Kier molecular flexibility index (Phi) is 4.96. The monoisotopic (exact) mass is 398 g/mol. The van der Waals surface area contributed by atoms with E-state index in [0.717, 1.165) is 11.0 Å². The number of benzene rings is 2. The first-order chi connectivity index (χ1) is 13.5. The van der Waals surface area contributed by atoms with Crippen molar-refractivity contribution >= 4 is 40.1 Å². The quantitative estimate of drug-likeness (QED) is 0.710. The van der Waals surface area contributed by atoms with Gasteiger partial charge in [0, 0.05) is 24.0 Å². The van der Waals surface area contributed by atoms with Crippen LogP contribution in [0.5, 0.6) is 5.75 Å². The minimum atomic E-state index is -0.419. The zero-order chi connectivity index (χ0) is 19.7. The van der Waals surface area contributed by atoms with Crippen LogP contribution in [0.1, 0.15) is 12.2 Å². The van der Waals surface area contributed by atoms with E-state index in [2.05, 4.69) is 5.32 Å². The maximum atomic E-state index is 12.5. The number of halogens is 1. The molecule has 3 aromatic rings. The Morgan fingerprint density at radius 1 is 1.29 bits per heavy atom. The molecule has 2 heterocycles. The molecule has 1 saturated heterocycles. The molecule has 7 heteroatoms. The Morgan fingerprint density at radius 2 is 2.11 bits per heavy atom. The molecule has 1 aliphatic rings. The van der Waals surface area contributed by atoms with Gasteiger partial charge < -0.3 is 19.4 Å². The molecule has 2 amide bonds. The minimum Gasteiger partial charge on any atom is -0.495 e. The number of amides is 2. The largest absolute Gasteiger partial charge is 0.495 e. The fraction of sp³-hybridized carbons (Fsp3) is 0.238. The number of hydrogen-bond donors (Lipinski definition) is 1. The van der Waals surface area contributed by atoms with Gasteiger partial charge in [0.15, 0.2) is 0 Å². The molecule has 1 N–H and O–H groups in total. The van der Waals surface area contributed by atoms with Crippen LogP contribution in [-0.4, -0.2) is 25.5 Å². The van der Waals surface area contributed by atoms with Crippen molar-refractivity contribution in [3.8, 4) is 5.75 Å². The second-order valence-corrected chi connectivity index (χ2v) is 7.10. The third-order valence-corrected chi connectivity index (χ3v) is 5.15. The smallest absolute Gasteiger partial charge is 0.227 e. The first kappa shape index (κ1) is 18.4. The summed E-state index contributed by atoms with van der Waals surface area (Å²) in [6.45, 7) is 0.597. The minimum absolute atomic E-state index is 0.106. The molecule has 1 fully saturated rings. The lowest BCUT2D eigenvalue weighted by Gasteiger charge is -2.17. The molecule has 0 unspecified atom stereocenters. The number of nitrogens with one attached hydrogen (secondary N) is 1. The number of ether oxygens (including phenoxy) is 1. The molecule has 144 valence electrons. The number of carbonyl (C=O) groups excluding carboxylic acids is 2. The molecule has 0 radical (unpaired) electrons. The summed E-state index contributed by atoms with van der Waals surface area (Å²) < 4.78 is 10.8. The Morgan fingerprint density at radius 3 is 2.86 bits per heavy atom. The van der Waals surface area contributed by atoms with Gasteiger partial charge in [-0.05, 0) is 30.3 Å². The zero-order valence-corrected chi connectivity index (χ0v) is 16.0. The van der Waals surface area contributed by atoms with Crippen molar-refractivity contribution in [2.24, 2.45) is 5.92 Å². The Labute approximate surface area is 167 Å². The number of fused-ring (bicyclic) bond motifs is 1. The maximum Gasteiger partial charge on any atom is 0.227 e. The van der Waals surface area contributed by atoms with Crippen molar-refractivity contribution in [2.75, 3.05) is 18.6 Å². The maximum absolute atomic E-state index is 12.5. The topological polar surface area (TPSA) is 71.8 Å². The van der Waals surface area contributed by atoms with E-state index >= 15 is 0 Å². The third kappa shape index (κ3) is 3.55. The van der Waals surface area contributed by atoms with E-state index in [9.17, 15) is 9.59 Å². The summed E-state index contributed by atoms with van der Waals surface area (Å²) in [7, 11) is 1.53. The van der Waals surface area contributed by atoms with Crippen molar-refractivity contribution in [3.63, 3.8) is 0 Å². The van der Waals surface area contributed by atoms with Crippen LogP contribution < -0.4 is 15.0 Å².